The molecule has 0 aliphatic heterocycles. The molecule has 3 rings (SSSR count). The van der Waals surface area contributed by atoms with E-state index in [4.69, 9.17) is 10.5 Å². The maximum absolute atomic E-state index is 12.2. The van der Waals surface area contributed by atoms with Crippen LogP contribution < -0.4 is 5.32 Å². The van der Waals surface area contributed by atoms with E-state index >= 15 is 0 Å². The van der Waals surface area contributed by atoms with Gasteiger partial charge < -0.3 is 5.32 Å². The molecule has 20 heavy (non-hydrogen) atoms. The predicted octanol–water partition coefficient (Wildman–Crippen LogP) is 1.13. The zero-order chi connectivity index (χ0) is 14.1. The number of carbonyl (C=O) groups excluding carboxylic acids is 1. The first-order valence-electron chi connectivity index (χ1n) is 5.83. The van der Waals surface area contributed by atoms with E-state index < -0.39 is 0 Å². The fourth-order valence-electron chi connectivity index (χ4n) is 2.17. The van der Waals surface area contributed by atoms with Gasteiger partial charge in [0.25, 0.3) is 0 Å². The van der Waals surface area contributed by atoms with Crippen molar-refractivity contribution in [2.24, 2.45) is 0 Å². The molecule has 0 saturated heterocycles. The van der Waals surface area contributed by atoms with Crippen LogP contribution in [0.5, 0.6) is 0 Å². The molecule has 0 amide bonds. The van der Waals surface area contributed by atoms with Gasteiger partial charge in [-0.15, -0.1) is 0 Å². The molecule has 0 unspecified atom stereocenters. The lowest BCUT2D eigenvalue weighted by Gasteiger charge is -2.04. The Labute approximate surface area is 114 Å². The minimum absolute atomic E-state index is 0.0626. The van der Waals surface area contributed by atoms with Gasteiger partial charge in [-0.3, -0.25) is 4.79 Å². The van der Waals surface area contributed by atoms with E-state index in [9.17, 15) is 4.79 Å². The molecule has 0 bridgehead atoms. The van der Waals surface area contributed by atoms with Gasteiger partial charge in [0, 0.05) is 11.1 Å². The lowest BCUT2D eigenvalue weighted by molar-refractivity contribution is 0.103. The Morgan fingerprint density at radius 1 is 1.10 bits per heavy atom. The van der Waals surface area contributed by atoms with Crippen molar-refractivity contribution in [2.75, 3.05) is 0 Å². The zero-order valence-electron chi connectivity index (χ0n) is 10.2. The highest BCUT2D eigenvalue weighted by atomic mass is 16.1. The Bertz CT molecular complexity index is 813. The number of aromatic nitrogens is 2. The van der Waals surface area contributed by atoms with Gasteiger partial charge in [-0.1, -0.05) is 24.3 Å². The van der Waals surface area contributed by atoms with Crippen LogP contribution in [0.3, 0.4) is 0 Å². The van der Waals surface area contributed by atoms with Crippen molar-refractivity contribution in [2.45, 2.75) is 6.54 Å². The van der Waals surface area contributed by atoms with Crippen molar-refractivity contribution in [3.8, 4) is 23.5 Å². The minimum atomic E-state index is -0.223. The Balaban J connectivity index is 2.21. The van der Waals surface area contributed by atoms with E-state index in [-0.39, 0.29) is 23.7 Å². The van der Waals surface area contributed by atoms with Gasteiger partial charge in [-0.05, 0) is 0 Å². The summed E-state index contributed by atoms with van der Waals surface area (Å²) < 4.78 is 0. The lowest BCUT2D eigenvalue weighted by Crippen LogP contribution is -2.12. The number of nitriles is 2. The molecule has 0 saturated carbocycles. The summed E-state index contributed by atoms with van der Waals surface area (Å²) in [4.78, 5) is 20.6. The smallest absolute Gasteiger partial charge is 0.214 e. The Kier molecular flexibility index (Phi) is 2.63. The van der Waals surface area contributed by atoms with Crippen LogP contribution in [0.1, 0.15) is 27.4 Å². The number of fused-ring (bicyclic) bond motifs is 3. The quantitative estimate of drug-likeness (QED) is 0.548. The summed E-state index contributed by atoms with van der Waals surface area (Å²) in [5, 5.41) is 20.0. The third kappa shape index (κ3) is 1.60. The van der Waals surface area contributed by atoms with Crippen molar-refractivity contribution in [1.29, 1.82) is 10.5 Å². The van der Waals surface area contributed by atoms with Crippen LogP contribution in [0, 0.1) is 22.8 Å². The SMILES string of the molecule is N#CNCc1nc2c(nc1C#N)C(=O)c1ccccc1-2. The summed E-state index contributed by atoms with van der Waals surface area (Å²) in [5.41, 5.74) is 2.34. The fourth-order valence-corrected chi connectivity index (χ4v) is 2.17. The van der Waals surface area contributed by atoms with E-state index in [1.54, 1.807) is 24.4 Å². The van der Waals surface area contributed by atoms with Crippen LogP contribution in [0.2, 0.25) is 0 Å². The number of nitrogens with one attached hydrogen (secondary N) is 1. The minimum Gasteiger partial charge on any atom is -0.318 e. The van der Waals surface area contributed by atoms with Crippen molar-refractivity contribution in [3.05, 3.63) is 46.9 Å². The summed E-state index contributed by atoms with van der Waals surface area (Å²) in [7, 11) is 0. The van der Waals surface area contributed by atoms with E-state index in [1.807, 2.05) is 12.1 Å². The second kappa shape index (κ2) is 4.45. The first-order chi connectivity index (χ1) is 9.76. The molecule has 1 aliphatic carbocycles. The highest BCUT2D eigenvalue weighted by Gasteiger charge is 2.30. The molecule has 1 aliphatic rings. The number of carbonyl (C=O) groups is 1. The fraction of sp³-hybridized carbons (Fsp3) is 0.0714. The average molecular weight is 261 g/mol. The molecule has 0 radical (unpaired) electrons. The van der Waals surface area contributed by atoms with E-state index in [1.165, 1.54) is 0 Å². The average Bonchev–Trinajstić information content (AvgIpc) is 2.77. The van der Waals surface area contributed by atoms with Crippen LogP contribution >= 0.6 is 0 Å². The monoisotopic (exact) mass is 261 g/mol. The summed E-state index contributed by atoms with van der Waals surface area (Å²) >= 11 is 0. The summed E-state index contributed by atoms with van der Waals surface area (Å²) in [5.74, 6) is -0.223. The maximum atomic E-state index is 12.2. The summed E-state index contributed by atoms with van der Waals surface area (Å²) in [6.07, 6.45) is 1.77. The van der Waals surface area contributed by atoms with Crippen molar-refractivity contribution in [1.82, 2.24) is 15.3 Å². The van der Waals surface area contributed by atoms with E-state index in [0.29, 0.717) is 22.5 Å². The van der Waals surface area contributed by atoms with Crippen LogP contribution in [0.25, 0.3) is 11.3 Å². The highest BCUT2D eigenvalue weighted by Crippen LogP contribution is 2.34. The zero-order valence-corrected chi connectivity index (χ0v) is 10.2. The second-order valence-electron chi connectivity index (χ2n) is 4.17. The molecule has 1 N–H and O–H groups in total. The van der Waals surface area contributed by atoms with E-state index in [0.717, 1.165) is 0 Å². The van der Waals surface area contributed by atoms with Gasteiger partial charge in [0.05, 0.1) is 12.2 Å². The van der Waals surface area contributed by atoms with Crippen LogP contribution in [-0.4, -0.2) is 15.8 Å². The summed E-state index contributed by atoms with van der Waals surface area (Å²) in [6, 6.07) is 8.99. The van der Waals surface area contributed by atoms with Gasteiger partial charge in [-0.2, -0.15) is 10.5 Å². The number of hydrogen-bond donors (Lipinski definition) is 1. The third-order valence-electron chi connectivity index (χ3n) is 3.05. The molecule has 0 spiro atoms. The van der Waals surface area contributed by atoms with E-state index in [2.05, 4.69) is 15.3 Å². The lowest BCUT2D eigenvalue weighted by atomic mass is 10.1. The van der Waals surface area contributed by atoms with Gasteiger partial charge in [0.2, 0.25) is 5.78 Å². The van der Waals surface area contributed by atoms with Gasteiger partial charge in [-0.25, -0.2) is 9.97 Å². The highest BCUT2D eigenvalue weighted by molar-refractivity contribution is 6.19. The summed E-state index contributed by atoms with van der Waals surface area (Å²) in [6.45, 7) is 0.107. The van der Waals surface area contributed by atoms with Gasteiger partial charge >= 0.3 is 0 Å². The molecule has 1 heterocycles. The van der Waals surface area contributed by atoms with Crippen molar-refractivity contribution < 1.29 is 4.79 Å². The van der Waals surface area contributed by atoms with Crippen molar-refractivity contribution in [3.63, 3.8) is 0 Å². The molecule has 0 fully saturated rings. The molecule has 1 aromatic heterocycles. The normalized spacial score (nSPS) is 11.2. The number of nitrogens with zero attached hydrogens (tertiary/aromatic N) is 4. The molecule has 6 heteroatoms. The van der Waals surface area contributed by atoms with Crippen LogP contribution in [-0.2, 0) is 6.54 Å². The number of benzene rings is 1. The number of ketones is 1. The molecular formula is C14H7N5O. The van der Waals surface area contributed by atoms with Crippen LogP contribution in [0.15, 0.2) is 24.3 Å². The molecule has 0 atom stereocenters. The molecular weight excluding hydrogens is 254 g/mol. The van der Waals surface area contributed by atoms with Gasteiger partial charge in [0.1, 0.15) is 17.5 Å². The standard InChI is InChI=1S/C14H7N5O/c15-5-10-11(6-17-7-16)19-12-8-3-1-2-4-9(8)14(20)13(12)18-10/h1-4,17H,6H2. The van der Waals surface area contributed by atoms with Gasteiger partial charge in [0.15, 0.2) is 11.9 Å². The largest absolute Gasteiger partial charge is 0.318 e. The Hall–Kier alpha value is -3.25. The molecule has 1 aromatic carbocycles. The second-order valence-corrected chi connectivity index (χ2v) is 4.17. The molecule has 6 nitrogen and oxygen atoms in total. The third-order valence-corrected chi connectivity index (χ3v) is 3.05. The number of hydrogen-bond acceptors (Lipinski definition) is 6. The Morgan fingerprint density at radius 3 is 2.55 bits per heavy atom. The molecule has 2 aromatic rings. The Morgan fingerprint density at radius 2 is 1.85 bits per heavy atom. The van der Waals surface area contributed by atoms with Crippen LogP contribution in [0.4, 0.5) is 0 Å². The topological polar surface area (TPSA) is 102 Å². The predicted molar refractivity (Wildman–Crippen MR) is 68.1 cm³/mol. The van der Waals surface area contributed by atoms with Crippen molar-refractivity contribution >= 4 is 5.78 Å². The first kappa shape index (κ1) is 11.8. The maximum Gasteiger partial charge on any atom is 0.214 e. The number of rotatable bonds is 2. The first-order valence-corrected chi connectivity index (χ1v) is 5.83. The molecule has 94 valence electrons.